The molecule has 1 fully saturated rings. The summed E-state index contributed by atoms with van der Waals surface area (Å²) in [5.74, 6) is 0.529. The van der Waals surface area contributed by atoms with Crippen molar-refractivity contribution in [3.8, 4) is 5.88 Å². The summed E-state index contributed by atoms with van der Waals surface area (Å²) in [5, 5.41) is 5.75. The number of hydrogen-bond donors (Lipinski definition) is 2. The molecule has 1 aromatic heterocycles. The highest BCUT2D eigenvalue weighted by molar-refractivity contribution is 5.89. The first-order chi connectivity index (χ1) is 9.17. The average Bonchev–Trinajstić information content (AvgIpc) is 2.42. The van der Waals surface area contributed by atoms with Crippen molar-refractivity contribution in [2.45, 2.75) is 18.9 Å². The number of urea groups is 1. The lowest BCUT2D eigenvalue weighted by molar-refractivity contribution is 0.221. The van der Waals surface area contributed by atoms with Gasteiger partial charge < -0.3 is 20.3 Å². The molecule has 0 saturated carbocycles. The van der Waals surface area contributed by atoms with Crippen molar-refractivity contribution in [2.24, 2.45) is 0 Å². The number of aromatic nitrogens is 1. The van der Waals surface area contributed by atoms with Crippen LogP contribution in [-0.4, -0.2) is 49.2 Å². The molecule has 2 N–H and O–H groups in total. The SMILES string of the molecule is COc1ccc(NC(=O)NC2CCN(C)CC2)cn1. The number of rotatable bonds is 3. The van der Waals surface area contributed by atoms with E-state index in [4.69, 9.17) is 4.74 Å². The molecule has 6 nitrogen and oxygen atoms in total. The number of carbonyl (C=O) groups is 1. The molecule has 19 heavy (non-hydrogen) atoms. The molecule has 104 valence electrons. The number of amides is 2. The van der Waals surface area contributed by atoms with Crippen LogP contribution < -0.4 is 15.4 Å². The van der Waals surface area contributed by atoms with Gasteiger partial charge in [-0.15, -0.1) is 0 Å². The van der Waals surface area contributed by atoms with Crippen molar-refractivity contribution in [3.05, 3.63) is 18.3 Å². The van der Waals surface area contributed by atoms with E-state index < -0.39 is 0 Å². The van der Waals surface area contributed by atoms with Crippen molar-refractivity contribution in [3.63, 3.8) is 0 Å². The Morgan fingerprint density at radius 1 is 1.42 bits per heavy atom. The van der Waals surface area contributed by atoms with E-state index in [9.17, 15) is 4.79 Å². The van der Waals surface area contributed by atoms with Crippen LogP contribution in [-0.2, 0) is 0 Å². The molecule has 2 amide bonds. The molecule has 0 aromatic carbocycles. The minimum atomic E-state index is -0.179. The smallest absolute Gasteiger partial charge is 0.319 e. The molecule has 0 spiro atoms. The number of nitrogens with one attached hydrogen (secondary N) is 2. The third-order valence-corrected chi connectivity index (χ3v) is 3.26. The fourth-order valence-corrected chi connectivity index (χ4v) is 2.08. The quantitative estimate of drug-likeness (QED) is 0.863. The van der Waals surface area contributed by atoms with Gasteiger partial charge in [0.25, 0.3) is 0 Å². The second-order valence-corrected chi connectivity index (χ2v) is 4.77. The fraction of sp³-hybridized carbons (Fsp3) is 0.538. The van der Waals surface area contributed by atoms with Crippen molar-refractivity contribution in [2.75, 3.05) is 32.6 Å². The van der Waals surface area contributed by atoms with Gasteiger partial charge >= 0.3 is 6.03 Å². The van der Waals surface area contributed by atoms with Gasteiger partial charge in [-0.05, 0) is 39.0 Å². The van der Waals surface area contributed by atoms with Crippen LogP contribution in [0.2, 0.25) is 0 Å². The normalized spacial score (nSPS) is 16.9. The van der Waals surface area contributed by atoms with Gasteiger partial charge in [-0.1, -0.05) is 0 Å². The summed E-state index contributed by atoms with van der Waals surface area (Å²) in [6, 6.07) is 3.55. The van der Waals surface area contributed by atoms with Gasteiger partial charge in [0.2, 0.25) is 5.88 Å². The van der Waals surface area contributed by atoms with Gasteiger partial charge in [-0.2, -0.15) is 0 Å². The van der Waals surface area contributed by atoms with E-state index in [1.165, 1.54) is 0 Å². The zero-order valence-corrected chi connectivity index (χ0v) is 11.3. The van der Waals surface area contributed by atoms with E-state index >= 15 is 0 Å². The molecular weight excluding hydrogens is 244 g/mol. The Morgan fingerprint density at radius 2 is 2.16 bits per heavy atom. The molecule has 1 saturated heterocycles. The van der Waals surface area contributed by atoms with E-state index in [1.807, 2.05) is 0 Å². The second kappa shape index (κ2) is 6.38. The molecule has 1 aromatic rings. The Labute approximate surface area is 113 Å². The maximum Gasteiger partial charge on any atom is 0.319 e. The molecule has 0 radical (unpaired) electrons. The monoisotopic (exact) mass is 264 g/mol. The standard InChI is InChI=1S/C13H20N4O2/c1-17-7-5-10(6-8-17)15-13(18)16-11-3-4-12(19-2)14-9-11/h3-4,9-10H,5-8H2,1-2H3,(H2,15,16,18). The first-order valence-electron chi connectivity index (χ1n) is 6.43. The van der Waals surface area contributed by atoms with E-state index in [-0.39, 0.29) is 12.1 Å². The van der Waals surface area contributed by atoms with Gasteiger partial charge in [0.1, 0.15) is 0 Å². The van der Waals surface area contributed by atoms with Gasteiger partial charge in [0.15, 0.2) is 0 Å². The number of likely N-dealkylation sites (tertiary alicyclic amines) is 1. The lowest BCUT2D eigenvalue weighted by atomic mass is 10.1. The highest BCUT2D eigenvalue weighted by atomic mass is 16.5. The maximum atomic E-state index is 11.8. The van der Waals surface area contributed by atoms with Crippen molar-refractivity contribution in [1.29, 1.82) is 0 Å². The predicted octanol–water partition coefficient (Wildman–Crippen LogP) is 1.31. The van der Waals surface area contributed by atoms with Crippen LogP contribution in [0.3, 0.4) is 0 Å². The molecule has 0 aliphatic carbocycles. The Hall–Kier alpha value is -1.82. The lowest BCUT2D eigenvalue weighted by Gasteiger charge is -2.29. The molecular formula is C13H20N4O2. The Morgan fingerprint density at radius 3 is 2.74 bits per heavy atom. The van der Waals surface area contributed by atoms with Crippen LogP contribution in [0.5, 0.6) is 5.88 Å². The molecule has 2 heterocycles. The number of carbonyl (C=O) groups excluding carboxylic acids is 1. The number of piperidine rings is 1. The van der Waals surface area contributed by atoms with Crippen molar-refractivity contribution < 1.29 is 9.53 Å². The third-order valence-electron chi connectivity index (χ3n) is 3.26. The average molecular weight is 264 g/mol. The van der Waals surface area contributed by atoms with E-state index in [1.54, 1.807) is 25.4 Å². The van der Waals surface area contributed by atoms with Gasteiger partial charge in [-0.25, -0.2) is 9.78 Å². The van der Waals surface area contributed by atoms with Gasteiger partial charge in [0.05, 0.1) is 19.0 Å². The van der Waals surface area contributed by atoms with Crippen LogP contribution in [0.4, 0.5) is 10.5 Å². The topological polar surface area (TPSA) is 66.5 Å². The minimum Gasteiger partial charge on any atom is -0.481 e. The molecule has 6 heteroatoms. The predicted molar refractivity (Wildman–Crippen MR) is 73.5 cm³/mol. The third kappa shape index (κ3) is 4.10. The summed E-state index contributed by atoms with van der Waals surface area (Å²) in [7, 11) is 3.65. The molecule has 0 bridgehead atoms. The summed E-state index contributed by atoms with van der Waals surface area (Å²) >= 11 is 0. The summed E-state index contributed by atoms with van der Waals surface area (Å²) in [5.41, 5.74) is 0.659. The highest BCUT2D eigenvalue weighted by Crippen LogP contribution is 2.12. The van der Waals surface area contributed by atoms with Crippen LogP contribution in [0.1, 0.15) is 12.8 Å². The highest BCUT2D eigenvalue weighted by Gasteiger charge is 2.18. The number of hydrogen-bond acceptors (Lipinski definition) is 4. The summed E-state index contributed by atoms with van der Waals surface area (Å²) in [4.78, 5) is 18.1. The first kappa shape index (κ1) is 13.6. The molecule has 0 atom stereocenters. The van der Waals surface area contributed by atoms with Crippen LogP contribution in [0.15, 0.2) is 18.3 Å². The Bertz CT molecular complexity index is 413. The van der Waals surface area contributed by atoms with Gasteiger partial charge in [0, 0.05) is 12.1 Å². The molecule has 1 aliphatic heterocycles. The zero-order chi connectivity index (χ0) is 13.7. The molecule has 2 rings (SSSR count). The number of anilines is 1. The second-order valence-electron chi connectivity index (χ2n) is 4.77. The number of nitrogens with zero attached hydrogens (tertiary/aromatic N) is 2. The summed E-state index contributed by atoms with van der Waals surface area (Å²) < 4.78 is 4.96. The van der Waals surface area contributed by atoms with Crippen LogP contribution in [0, 0.1) is 0 Å². The molecule has 1 aliphatic rings. The minimum absolute atomic E-state index is 0.179. The Kier molecular flexibility index (Phi) is 4.57. The largest absolute Gasteiger partial charge is 0.481 e. The van der Waals surface area contributed by atoms with Gasteiger partial charge in [-0.3, -0.25) is 0 Å². The lowest BCUT2D eigenvalue weighted by Crippen LogP contribution is -2.44. The maximum absolute atomic E-state index is 11.8. The first-order valence-corrected chi connectivity index (χ1v) is 6.43. The molecule has 0 unspecified atom stereocenters. The van der Waals surface area contributed by atoms with Crippen molar-refractivity contribution in [1.82, 2.24) is 15.2 Å². The fourth-order valence-electron chi connectivity index (χ4n) is 2.08. The van der Waals surface area contributed by atoms with Crippen LogP contribution >= 0.6 is 0 Å². The summed E-state index contributed by atoms with van der Waals surface area (Å²) in [6.07, 6.45) is 3.56. The number of pyridine rings is 1. The summed E-state index contributed by atoms with van der Waals surface area (Å²) in [6.45, 7) is 2.05. The number of methoxy groups -OCH3 is 1. The van der Waals surface area contributed by atoms with E-state index in [2.05, 4.69) is 27.6 Å². The van der Waals surface area contributed by atoms with Crippen molar-refractivity contribution >= 4 is 11.7 Å². The Balaban J connectivity index is 1.80. The zero-order valence-electron chi connectivity index (χ0n) is 11.3. The van der Waals surface area contributed by atoms with E-state index in [0.717, 1.165) is 25.9 Å². The van der Waals surface area contributed by atoms with E-state index in [0.29, 0.717) is 11.6 Å². The van der Waals surface area contributed by atoms with Crippen LogP contribution in [0.25, 0.3) is 0 Å². The number of ether oxygens (including phenoxy) is 1.